The van der Waals surface area contributed by atoms with Gasteiger partial charge < -0.3 is 65.2 Å². The van der Waals surface area contributed by atoms with Crippen LogP contribution in [0.1, 0.15) is 133 Å². The molecule has 0 saturated carbocycles. The highest BCUT2D eigenvalue weighted by Gasteiger charge is 2.34. The number of H-pyrrole nitrogens is 1. The lowest BCUT2D eigenvalue weighted by Gasteiger charge is -2.37. The minimum Gasteiger partial charge on any atom is -0.462 e. The molecule has 0 atom stereocenters. The number of nitrogens with one attached hydrogen (secondary N) is 5. The van der Waals surface area contributed by atoms with Crippen LogP contribution in [0.5, 0.6) is 0 Å². The number of anilines is 12. The molecule has 650 valence electrons. The van der Waals surface area contributed by atoms with Crippen molar-refractivity contribution < 1.29 is 41.9 Å². The van der Waals surface area contributed by atoms with Crippen molar-refractivity contribution in [1.82, 2.24) is 65.0 Å². The molecule has 0 bridgehead atoms. The second-order valence-corrected chi connectivity index (χ2v) is 30.6. The summed E-state index contributed by atoms with van der Waals surface area (Å²) < 4.78 is 45.2. The molecule has 34 heteroatoms. The molecule has 0 spiro atoms. The van der Waals surface area contributed by atoms with Crippen molar-refractivity contribution in [3.05, 3.63) is 283 Å². The van der Waals surface area contributed by atoms with Crippen LogP contribution in [0.3, 0.4) is 0 Å². The van der Waals surface area contributed by atoms with Gasteiger partial charge in [0.05, 0.1) is 116 Å². The number of aryl methyl sites for hydroxylation is 1. The Bertz CT molecular complexity index is 5640. The molecule has 0 unspecified atom stereocenters. The van der Waals surface area contributed by atoms with Crippen LogP contribution in [0.4, 0.5) is 81.9 Å². The van der Waals surface area contributed by atoms with Gasteiger partial charge >= 0.3 is 12.1 Å². The number of pyridine rings is 3. The molecule has 4 fully saturated rings. The monoisotopic (exact) mass is 1710 g/mol. The van der Waals surface area contributed by atoms with E-state index in [2.05, 4.69) is 174 Å². The lowest BCUT2D eigenvalue weighted by Crippen LogP contribution is -2.47. The zero-order valence-electron chi connectivity index (χ0n) is 71.2. The fourth-order valence-corrected chi connectivity index (χ4v) is 14.7. The van der Waals surface area contributed by atoms with Crippen LogP contribution in [-0.2, 0) is 10.9 Å². The van der Waals surface area contributed by atoms with Gasteiger partial charge in [0.2, 0.25) is 0 Å². The topological polar surface area (TPSA) is 339 Å². The number of nitrogens with zero attached hydrogens (tertiary/aromatic N) is 20. The zero-order chi connectivity index (χ0) is 88.6. The van der Waals surface area contributed by atoms with E-state index in [1.54, 1.807) is 148 Å². The second-order valence-electron chi connectivity index (χ2n) is 30.6. The van der Waals surface area contributed by atoms with Crippen molar-refractivity contribution in [2.75, 3.05) is 172 Å². The van der Waals surface area contributed by atoms with Gasteiger partial charge in [-0.1, -0.05) is 46.4 Å². The number of halogens is 3. The summed E-state index contributed by atoms with van der Waals surface area (Å²) in [5.41, 5.74) is 11.9. The first-order chi connectivity index (χ1) is 61.0. The number of hydrogen-bond acceptors (Lipinski definition) is 26. The largest absolute Gasteiger partial charge is 0.462 e. The first-order valence-electron chi connectivity index (χ1n) is 41.5. The third-order valence-electron chi connectivity index (χ3n) is 21.6. The first-order valence-corrected chi connectivity index (χ1v) is 41.5. The molecule has 31 nitrogen and oxygen atoms in total. The number of allylic oxidation sites excluding steroid dienone is 1. The standard InChI is InChI=1S/C26H30N6O.C23H24N6O3.C22H27N7O.C21H19F3N6O/c1-18(2)20-7-8-22(30-26(33)21-6-5-10-28-25(21)19(3)4)23(16-20)31-12-14-32(15-13-31)24-9-11-27-17-29-24;1-2-32-23(31)17-5-6-19(27-22(30)18-4-3-7-24-15-18)20(14-17)28-10-12-29(13-11-28)21-16-25-8-9-26-21;1-15(2)17-4-5-19(26-22(30)18-13-25-27-16(18)3)20(12-17)28-8-10-29(11-9-28)21-14-23-6-7-24-21;22-21(23,24)16-3-4-17(28-20(31)15-2-1-5-25-13-15)18(12-16)29-8-10-30(11-9-29)19-14-26-6-7-27-19/h5-11,16-18H,3,12-15H2,1-2,4H3,(H,30,33);3-9,14-16H,2,10-13H2,1H3,(H,27,30);4-7,12-15H,8-11H2,1-3H3,(H,25,27)(H,26,30);1-7,12-14H,8-11H2,(H,28,31). The lowest BCUT2D eigenvalue weighted by molar-refractivity contribution is -0.137. The summed E-state index contributed by atoms with van der Waals surface area (Å²) in [4.78, 5) is 127. The number of ether oxygens (including phenoxy) is 1. The quantitative estimate of drug-likeness (QED) is 0.0417. The van der Waals surface area contributed by atoms with E-state index in [1.807, 2.05) is 41.8 Å². The first kappa shape index (κ1) is 88.9. The molecule has 12 heterocycles. The van der Waals surface area contributed by atoms with Gasteiger partial charge in [0.15, 0.2) is 0 Å². The number of hydrogen-bond donors (Lipinski definition) is 5. The van der Waals surface area contributed by atoms with Crippen molar-refractivity contribution in [3.63, 3.8) is 0 Å². The number of carbonyl (C=O) groups excluding carboxylic acids is 5. The number of amides is 4. The molecule has 4 saturated heterocycles. The Morgan fingerprint density at radius 2 is 0.817 bits per heavy atom. The SMILES string of the molecule is C=C(C)c1ncccc1C(=O)Nc1ccc(C(C)C)cc1N1CCN(c2ccncn2)CC1.CCOC(=O)c1ccc(NC(=O)c2cccnc2)c(N2CCN(c3cnccn3)CC2)c1.Cc1[nH]ncc1C(=O)Nc1ccc(C(C)C)cc1N1CCN(c2cnccn2)CC1.O=C(Nc1ccc(C(F)(F)F)cc1N1CCN(c2cnccn2)CC1)c1cccnc1. The molecular weight excluding hydrogens is 1610 g/mol. The van der Waals surface area contributed by atoms with E-state index in [1.165, 1.54) is 35.8 Å². The Morgan fingerprint density at radius 3 is 1.21 bits per heavy atom. The normalized spacial score (nSPS) is 14.0. The minimum absolute atomic E-state index is 0.155. The number of rotatable bonds is 21. The third-order valence-corrected chi connectivity index (χ3v) is 21.6. The maximum atomic E-state index is 13.3. The van der Waals surface area contributed by atoms with E-state index >= 15 is 0 Å². The molecular formula is C92H100F3N25O6. The molecule has 5 N–H and O–H groups in total. The second kappa shape index (κ2) is 42.3. The molecule has 12 aromatic rings. The third kappa shape index (κ3) is 23.1. The van der Waals surface area contributed by atoms with E-state index in [4.69, 9.17) is 4.74 Å². The van der Waals surface area contributed by atoms with Gasteiger partial charge in [-0.2, -0.15) is 18.3 Å². The number of aromatic nitrogens is 13. The highest BCUT2D eigenvalue weighted by atomic mass is 19.4. The Kier molecular flexibility index (Phi) is 29.8. The maximum absolute atomic E-state index is 13.3. The van der Waals surface area contributed by atoms with Crippen molar-refractivity contribution in [1.29, 1.82) is 0 Å². The van der Waals surface area contributed by atoms with E-state index in [0.29, 0.717) is 108 Å². The van der Waals surface area contributed by atoms with Crippen molar-refractivity contribution in [2.45, 2.75) is 66.5 Å². The molecule has 126 heavy (non-hydrogen) atoms. The predicted molar refractivity (Wildman–Crippen MR) is 483 cm³/mol. The number of alkyl halides is 3. The lowest BCUT2D eigenvalue weighted by atomic mass is 10.0. The van der Waals surface area contributed by atoms with E-state index < -0.39 is 23.6 Å². The van der Waals surface area contributed by atoms with Crippen molar-refractivity contribution in [3.8, 4) is 0 Å². The summed E-state index contributed by atoms with van der Waals surface area (Å²) in [5, 5.41) is 18.7. The Morgan fingerprint density at radius 1 is 0.413 bits per heavy atom. The summed E-state index contributed by atoms with van der Waals surface area (Å²) in [5.74, 6) is 2.77. The van der Waals surface area contributed by atoms with Crippen LogP contribution in [0.2, 0.25) is 0 Å². The highest BCUT2D eigenvalue weighted by Crippen LogP contribution is 2.39. The van der Waals surface area contributed by atoms with Crippen LogP contribution in [0, 0.1) is 6.92 Å². The van der Waals surface area contributed by atoms with Gasteiger partial charge in [0.1, 0.15) is 29.6 Å². The molecule has 16 rings (SSSR count). The minimum atomic E-state index is -4.48. The van der Waals surface area contributed by atoms with E-state index in [-0.39, 0.29) is 17.7 Å². The molecule has 8 aromatic heterocycles. The molecule has 4 aliphatic rings. The molecule has 4 aromatic carbocycles. The summed E-state index contributed by atoms with van der Waals surface area (Å²) in [6.45, 7) is 30.1. The van der Waals surface area contributed by atoms with Crippen LogP contribution in [0.15, 0.2) is 227 Å². The smallest absolute Gasteiger partial charge is 0.416 e. The number of carbonyl (C=O) groups is 5. The Labute approximate surface area is 728 Å². The molecule has 4 amide bonds. The average Bonchev–Trinajstić information content (AvgIpc) is 0.894. The average molecular weight is 1710 g/mol. The molecule has 4 aliphatic heterocycles. The van der Waals surface area contributed by atoms with Gasteiger partial charge in [-0.05, 0) is 152 Å². The van der Waals surface area contributed by atoms with Crippen molar-refractivity contribution >= 4 is 104 Å². The van der Waals surface area contributed by atoms with Gasteiger partial charge in [0, 0.05) is 185 Å². The van der Waals surface area contributed by atoms with E-state index in [9.17, 15) is 37.1 Å². The Hall–Kier alpha value is -14.9. The van der Waals surface area contributed by atoms with Gasteiger partial charge in [0.25, 0.3) is 23.6 Å². The molecule has 0 radical (unpaired) electrons. The van der Waals surface area contributed by atoms with Gasteiger partial charge in [-0.3, -0.25) is 54.2 Å². The number of aromatic amines is 1. The summed E-state index contributed by atoms with van der Waals surface area (Å²) in [6.07, 6.45) is 23.3. The highest BCUT2D eigenvalue weighted by molar-refractivity contribution is 6.10. The van der Waals surface area contributed by atoms with Crippen LogP contribution >= 0.6 is 0 Å². The van der Waals surface area contributed by atoms with Crippen LogP contribution in [-0.4, -0.2) is 206 Å². The van der Waals surface area contributed by atoms with Crippen LogP contribution in [0.25, 0.3) is 5.57 Å². The maximum Gasteiger partial charge on any atom is 0.416 e. The van der Waals surface area contributed by atoms with E-state index in [0.717, 1.165) is 141 Å². The predicted octanol–water partition coefficient (Wildman–Crippen LogP) is 13.9. The summed E-state index contributed by atoms with van der Waals surface area (Å²) in [7, 11) is 0. The fourth-order valence-electron chi connectivity index (χ4n) is 14.7. The number of esters is 1. The van der Waals surface area contributed by atoms with Crippen molar-refractivity contribution in [2.24, 2.45) is 0 Å². The summed E-state index contributed by atoms with van der Waals surface area (Å²) >= 11 is 0. The number of benzene rings is 4. The Balaban J connectivity index is 0.000000144. The van der Waals surface area contributed by atoms with Crippen LogP contribution < -0.4 is 60.5 Å². The number of piperazine rings is 4. The summed E-state index contributed by atoms with van der Waals surface area (Å²) in [6, 6.07) is 33.2. The molecule has 0 aliphatic carbocycles. The van der Waals surface area contributed by atoms with Gasteiger partial charge in [-0.15, -0.1) is 0 Å². The zero-order valence-corrected chi connectivity index (χ0v) is 71.2. The fraction of sp³-hybridized carbons (Fsp3) is 0.293. The van der Waals surface area contributed by atoms with Gasteiger partial charge in [-0.25, -0.2) is 29.7 Å².